The lowest BCUT2D eigenvalue weighted by Crippen LogP contribution is -2.55. The second kappa shape index (κ2) is 13.9. The van der Waals surface area contributed by atoms with Crippen molar-refractivity contribution in [3.8, 4) is 11.5 Å². The molecule has 1 heterocycles. The number of allylic oxidation sites excluding steroid dienone is 1. The van der Waals surface area contributed by atoms with Crippen LogP contribution in [-0.4, -0.2) is 60.4 Å². The summed E-state index contributed by atoms with van der Waals surface area (Å²) in [5.74, 6) is 0.290. The topological polar surface area (TPSA) is 99.8 Å². The van der Waals surface area contributed by atoms with Crippen molar-refractivity contribution in [2.45, 2.75) is 76.2 Å². The van der Waals surface area contributed by atoms with E-state index >= 15 is 0 Å². The van der Waals surface area contributed by atoms with E-state index in [2.05, 4.69) is 29.8 Å². The molecule has 4 rings (SSSR count). The summed E-state index contributed by atoms with van der Waals surface area (Å²) in [6.07, 6.45) is 0.628. The Balaban J connectivity index is 1.40. The molecule has 8 nitrogen and oxygen atoms in total. The summed E-state index contributed by atoms with van der Waals surface area (Å²) in [5.41, 5.74) is 0.622. The number of rotatable bonds is 12. The zero-order valence-corrected chi connectivity index (χ0v) is 23.7. The number of amides is 2. The molecular weight excluding hydrogens is 549 g/mol. The normalized spacial score (nSPS) is 17.9. The number of nitrogens with one attached hydrogen (secondary N) is 3. The van der Waals surface area contributed by atoms with E-state index in [0.29, 0.717) is 29.4 Å². The second-order valence-electron chi connectivity index (χ2n) is 11.0. The number of hydrogen-bond donors (Lipinski definition) is 3. The highest BCUT2D eigenvalue weighted by molar-refractivity contribution is 5.96. The van der Waals surface area contributed by atoms with Crippen LogP contribution in [0.15, 0.2) is 60.3 Å². The third kappa shape index (κ3) is 8.34. The predicted octanol–water partition coefficient (Wildman–Crippen LogP) is 5.28. The number of carbonyl (C=O) groups excluding carboxylic acids is 3. The Bertz CT molecular complexity index is 1260. The van der Waals surface area contributed by atoms with Crippen LogP contribution < -0.4 is 20.7 Å². The lowest BCUT2D eigenvalue weighted by molar-refractivity contribution is -0.141. The number of carbonyl (C=O) groups is 3. The predicted molar refractivity (Wildman–Crippen MR) is 153 cm³/mol. The van der Waals surface area contributed by atoms with Crippen LogP contribution in [0.1, 0.15) is 57.4 Å². The van der Waals surface area contributed by atoms with Gasteiger partial charge in [0.05, 0.1) is 0 Å². The largest absolute Gasteiger partial charge is 0.457 e. The van der Waals surface area contributed by atoms with Crippen LogP contribution in [0.5, 0.6) is 11.5 Å². The molecule has 2 aliphatic rings. The van der Waals surface area contributed by atoms with E-state index in [1.165, 1.54) is 5.56 Å². The van der Waals surface area contributed by atoms with Crippen molar-refractivity contribution in [2.24, 2.45) is 0 Å². The maximum Gasteiger partial charge on any atom is 0.430 e. The number of hydrogen-bond acceptors (Lipinski definition) is 6. The minimum Gasteiger partial charge on any atom is -0.457 e. The summed E-state index contributed by atoms with van der Waals surface area (Å²) >= 11 is 0. The van der Waals surface area contributed by atoms with Crippen molar-refractivity contribution >= 4 is 23.8 Å². The van der Waals surface area contributed by atoms with E-state index in [9.17, 15) is 27.6 Å². The van der Waals surface area contributed by atoms with Gasteiger partial charge in [-0.25, -0.2) is 0 Å². The van der Waals surface area contributed by atoms with Crippen LogP contribution in [0.4, 0.5) is 18.9 Å². The monoisotopic (exact) mass is 586 g/mol. The number of alkyl halides is 3. The molecule has 1 aliphatic heterocycles. The second-order valence-corrected chi connectivity index (χ2v) is 11.0. The first-order chi connectivity index (χ1) is 20.0. The molecule has 2 aromatic rings. The molecule has 226 valence electrons. The van der Waals surface area contributed by atoms with Crippen LogP contribution in [0.2, 0.25) is 0 Å². The van der Waals surface area contributed by atoms with Crippen LogP contribution in [0.3, 0.4) is 0 Å². The fourth-order valence-electron chi connectivity index (χ4n) is 5.13. The molecule has 0 aromatic heterocycles. The smallest absolute Gasteiger partial charge is 0.430 e. The average molecular weight is 587 g/mol. The van der Waals surface area contributed by atoms with Crippen molar-refractivity contribution in [3.63, 3.8) is 0 Å². The summed E-state index contributed by atoms with van der Waals surface area (Å²) in [7, 11) is 0. The first kappa shape index (κ1) is 31.1. The number of nitrogens with zero attached hydrogens (tertiary/aromatic N) is 1. The molecule has 2 unspecified atom stereocenters. The summed E-state index contributed by atoms with van der Waals surface area (Å²) < 4.78 is 45.4. The van der Waals surface area contributed by atoms with Crippen LogP contribution >= 0.6 is 0 Å². The Labute approximate surface area is 243 Å². The van der Waals surface area contributed by atoms with Gasteiger partial charge in [0.2, 0.25) is 11.8 Å². The summed E-state index contributed by atoms with van der Waals surface area (Å²) in [5, 5.41) is 8.17. The van der Waals surface area contributed by atoms with Gasteiger partial charge in [-0.05, 0) is 67.1 Å². The van der Waals surface area contributed by atoms with Crippen molar-refractivity contribution in [1.82, 2.24) is 15.5 Å². The Morgan fingerprint density at radius 3 is 2.21 bits per heavy atom. The molecular formula is C31H37F3N4O4. The summed E-state index contributed by atoms with van der Waals surface area (Å²) in [4.78, 5) is 39.5. The zero-order chi connectivity index (χ0) is 30.3. The molecule has 42 heavy (non-hydrogen) atoms. The highest BCUT2D eigenvalue weighted by atomic mass is 19.4. The van der Waals surface area contributed by atoms with Gasteiger partial charge in [0, 0.05) is 18.3 Å². The Hall–Kier alpha value is -3.86. The molecule has 0 radical (unpaired) electrons. The van der Waals surface area contributed by atoms with Crippen molar-refractivity contribution in [2.75, 3.05) is 18.4 Å². The number of halogens is 3. The summed E-state index contributed by atoms with van der Waals surface area (Å²) in [6.45, 7) is 3.81. The van der Waals surface area contributed by atoms with E-state index in [4.69, 9.17) is 4.74 Å². The highest BCUT2D eigenvalue weighted by Gasteiger charge is 2.41. The van der Waals surface area contributed by atoms with Gasteiger partial charge in [-0.1, -0.05) is 44.9 Å². The molecule has 2 aromatic carbocycles. The van der Waals surface area contributed by atoms with Crippen LogP contribution in [0, 0.1) is 0 Å². The first-order valence-corrected chi connectivity index (χ1v) is 14.2. The Morgan fingerprint density at radius 1 is 1.05 bits per heavy atom. The fraction of sp³-hybridized carbons (Fsp3) is 0.452. The van der Waals surface area contributed by atoms with Crippen molar-refractivity contribution < 1.29 is 32.3 Å². The van der Waals surface area contributed by atoms with Crippen molar-refractivity contribution in [1.29, 1.82) is 0 Å². The highest BCUT2D eigenvalue weighted by Crippen LogP contribution is 2.29. The molecule has 11 heteroatoms. The first-order valence-electron chi connectivity index (χ1n) is 14.2. The number of benzene rings is 2. The lowest BCUT2D eigenvalue weighted by Gasteiger charge is -2.31. The SMILES string of the molecule is CC(C)c1ccc(Oc2ccc(NC(=O)CN(C(=O)C3CC=C(C(F)(F)F)N3)C(C=O)CNC3CCCC3)cc2)cc1. The van der Waals surface area contributed by atoms with Gasteiger partial charge in [-0.2, -0.15) is 13.2 Å². The maximum atomic E-state index is 13.4. The molecule has 1 saturated carbocycles. The molecule has 2 amide bonds. The van der Waals surface area contributed by atoms with E-state index < -0.39 is 42.3 Å². The Morgan fingerprint density at radius 2 is 1.67 bits per heavy atom. The standard InChI is InChI=1S/C31H37F3N4O4/c1-20(2)21-7-11-25(12-8-21)42-26-13-9-23(10-14-26)36-29(40)18-38(24(19-39)17-35-22-5-3-4-6-22)30(41)27-15-16-28(37-27)31(32,33)34/h7-14,16,19-20,22,24,27,35,37H,3-6,15,17-18H2,1-2H3,(H,36,40). The molecule has 2 atom stereocenters. The van der Waals surface area contributed by atoms with E-state index in [-0.39, 0.29) is 19.0 Å². The molecule has 0 saturated heterocycles. The van der Waals surface area contributed by atoms with Crippen molar-refractivity contribution in [3.05, 3.63) is 65.9 Å². The van der Waals surface area contributed by atoms with Gasteiger partial charge in [0.25, 0.3) is 0 Å². The van der Waals surface area contributed by atoms with Crippen LogP contribution in [0.25, 0.3) is 0 Å². The van der Waals surface area contributed by atoms with Gasteiger partial charge in [0.15, 0.2) is 0 Å². The van der Waals surface area contributed by atoms with E-state index in [1.807, 2.05) is 24.3 Å². The zero-order valence-electron chi connectivity index (χ0n) is 23.7. The number of anilines is 1. The average Bonchev–Trinajstić information content (AvgIpc) is 3.67. The molecule has 0 bridgehead atoms. The lowest BCUT2D eigenvalue weighted by atomic mass is 10.0. The molecule has 1 fully saturated rings. The third-order valence-corrected chi connectivity index (χ3v) is 7.54. The summed E-state index contributed by atoms with van der Waals surface area (Å²) in [6, 6.07) is 12.3. The molecule has 0 spiro atoms. The quantitative estimate of drug-likeness (QED) is 0.293. The Kier molecular flexibility index (Phi) is 10.3. The van der Waals surface area contributed by atoms with Gasteiger partial charge in [0.1, 0.15) is 42.1 Å². The molecule has 1 aliphatic carbocycles. The minimum atomic E-state index is -4.63. The number of ether oxygens (including phenoxy) is 1. The maximum absolute atomic E-state index is 13.4. The number of aldehydes is 1. The van der Waals surface area contributed by atoms with Gasteiger partial charge in [-0.3, -0.25) is 9.59 Å². The fourth-order valence-corrected chi connectivity index (χ4v) is 5.13. The minimum absolute atomic E-state index is 0.101. The van der Waals surface area contributed by atoms with Crippen LogP contribution in [-0.2, 0) is 14.4 Å². The van der Waals surface area contributed by atoms with Gasteiger partial charge in [-0.15, -0.1) is 0 Å². The van der Waals surface area contributed by atoms with E-state index in [1.54, 1.807) is 24.3 Å². The van der Waals surface area contributed by atoms with Gasteiger partial charge >= 0.3 is 6.18 Å². The third-order valence-electron chi connectivity index (χ3n) is 7.54. The van der Waals surface area contributed by atoms with E-state index in [0.717, 1.165) is 36.7 Å². The van der Waals surface area contributed by atoms with Gasteiger partial charge < -0.3 is 30.4 Å². The molecule has 3 N–H and O–H groups in total.